The summed E-state index contributed by atoms with van der Waals surface area (Å²) >= 11 is 0. The van der Waals surface area contributed by atoms with Gasteiger partial charge in [0.2, 0.25) is 5.91 Å². The van der Waals surface area contributed by atoms with E-state index in [1.165, 1.54) is 18.2 Å². The third kappa shape index (κ3) is 4.55. The second-order valence-electron chi connectivity index (χ2n) is 5.57. The van der Waals surface area contributed by atoms with Gasteiger partial charge in [-0.25, -0.2) is 9.18 Å². The lowest BCUT2D eigenvalue weighted by Gasteiger charge is -2.23. The lowest BCUT2D eigenvalue weighted by atomic mass is 9.88. The molecule has 0 unspecified atom stereocenters. The molecule has 1 amide bonds. The van der Waals surface area contributed by atoms with Crippen LogP contribution in [0.25, 0.3) is 0 Å². The minimum absolute atomic E-state index is 0.0888. The predicted octanol–water partition coefficient (Wildman–Crippen LogP) is 2.52. The number of amides is 1. The molecular formula is C16H20FNO3. The van der Waals surface area contributed by atoms with E-state index in [1.54, 1.807) is 6.07 Å². The van der Waals surface area contributed by atoms with E-state index in [0.717, 1.165) is 32.1 Å². The van der Waals surface area contributed by atoms with Crippen LogP contribution < -0.4 is 5.32 Å². The normalized spacial score (nSPS) is 17.2. The van der Waals surface area contributed by atoms with E-state index < -0.39 is 17.8 Å². The first-order valence-electron chi connectivity index (χ1n) is 7.34. The highest BCUT2D eigenvalue weighted by molar-refractivity contribution is 5.85. The number of nitrogens with one attached hydrogen (secondary N) is 1. The molecule has 1 atom stereocenters. The molecule has 0 heterocycles. The summed E-state index contributed by atoms with van der Waals surface area (Å²) in [6.07, 6.45) is 4.89. The molecule has 0 aromatic heterocycles. The molecule has 0 bridgehead atoms. The fraction of sp³-hybridized carbons (Fsp3) is 0.500. The topological polar surface area (TPSA) is 66.4 Å². The van der Waals surface area contributed by atoms with Crippen molar-refractivity contribution in [1.29, 1.82) is 0 Å². The summed E-state index contributed by atoms with van der Waals surface area (Å²) in [6, 6.07) is 4.78. The summed E-state index contributed by atoms with van der Waals surface area (Å²) in [5.74, 6) is -1.79. The Kier molecular flexibility index (Phi) is 5.31. The summed E-state index contributed by atoms with van der Waals surface area (Å²) in [6.45, 7) is 0. The monoisotopic (exact) mass is 293 g/mol. The highest BCUT2D eigenvalue weighted by atomic mass is 19.1. The van der Waals surface area contributed by atoms with Crippen molar-refractivity contribution in [2.24, 2.45) is 5.92 Å². The molecule has 0 aliphatic heterocycles. The van der Waals surface area contributed by atoms with Gasteiger partial charge in [-0.15, -0.1) is 0 Å². The number of aliphatic carboxylic acids is 1. The quantitative estimate of drug-likeness (QED) is 0.876. The number of benzene rings is 1. The van der Waals surface area contributed by atoms with Crippen LogP contribution in [0.5, 0.6) is 0 Å². The summed E-state index contributed by atoms with van der Waals surface area (Å²) in [5.41, 5.74) is 0.561. The van der Waals surface area contributed by atoms with Crippen LogP contribution in [0, 0.1) is 11.7 Å². The molecule has 0 saturated heterocycles. The second-order valence-corrected chi connectivity index (χ2v) is 5.57. The van der Waals surface area contributed by atoms with Crippen LogP contribution in [0.1, 0.15) is 37.7 Å². The van der Waals surface area contributed by atoms with Gasteiger partial charge in [0.15, 0.2) is 0 Å². The maximum atomic E-state index is 13.1. The van der Waals surface area contributed by atoms with Gasteiger partial charge in [0.1, 0.15) is 11.9 Å². The van der Waals surface area contributed by atoms with Crippen molar-refractivity contribution in [2.75, 3.05) is 0 Å². The average molecular weight is 293 g/mol. The van der Waals surface area contributed by atoms with Crippen LogP contribution in [0.3, 0.4) is 0 Å². The lowest BCUT2D eigenvalue weighted by Crippen LogP contribution is -2.45. The summed E-state index contributed by atoms with van der Waals surface area (Å²) in [7, 11) is 0. The molecule has 0 spiro atoms. The zero-order valence-corrected chi connectivity index (χ0v) is 11.8. The number of halogens is 1. The van der Waals surface area contributed by atoms with E-state index >= 15 is 0 Å². The predicted molar refractivity (Wildman–Crippen MR) is 76.2 cm³/mol. The third-order valence-corrected chi connectivity index (χ3v) is 3.92. The van der Waals surface area contributed by atoms with Crippen LogP contribution in [0.15, 0.2) is 24.3 Å². The summed E-state index contributed by atoms with van der Waals surface area (Å²) in [4.78, 5) is 23.4. The Bertz CT molecular complexity index is 512. The van der Waals surface area contributed by atoms with E-state index in [0.29, 0.717) is 5.56 Å². The van der Waals surface area contributed by atoms with Crippen molar-refractivity contribution >= 4 is 11.9 Å². The van der Waals surface area contributed by atoms with Crippen molar-refractivity contribution in [3.8, 4) is 0 Å². The van der Waals surface area contributed by atoms with Gasteiger partial charge < -0.3 is 10.4 Å². The number of carboxylic acid groups (broad SMARTS) is 1. The Hall–Kier alpha value is -1.91. The Balaban J connectivity index is 1.98. The van der Waals surface area contributed by atoms with Crippen molar-refractivity contribution in [3.63, 3.8) is 0 Å². The summed E-state index contributed by atoms with van der Waals surface area (Å²) in [5, 5.41) is 11.8. The Morgan fingerprint density at radius 2 is 2.00 bits per heavy atom. The van der Waals surface area contributed by atoms with Gasteiger partial charge in [0.25, 0.3) is 0 Å². The molecule has 2 rings (SSSR count). The van der Waals surface area contributed by atoms with Gasteiger partial charge in [-0.05, 0) is 30.5 Å². The van der Waals surface area contributed by atoms with Gasteiger partial charge in [-0.1, -0.05) is 31.4 Å². The van der Waals surface area contributed by atoms with Gasteiger partial charge in [0, 0.05) is 12.3 Å². The number of rotatable bonds is 5. The van der Waals surface area contributed by atoms with Crippen LogP contribution in [0.2, 0.25) is 0 Å². The number of hydrogen-bond donors (Lipinski definition) is 2. The van der Waals surface area contributed by atoms with E-state index in [4.69, 9.17) is 0 Å². The number of carboxylic acids is 1. The maximum absolute atomic E-state index is 13.1. The number of carbonyl (C=O) groups is 2. The molecule has 1 fully saturated rings. The molecule has 1 saturated carbocycles. The molecule has 114 valence electrons. The van der Waals surface area contributed by atoms with E-state index in [1.807, 2.05) is 0 Å². The fourth-order valence-corrected chi connectivity index (χ4v) is 2.75. The molecule has 1 aliphatic rings. The minimum Gasteiger partial charge on any atom is -0.480 e. The number of hydrogen-bond acceptors (Lipinski definition) is 2. The average Bonchev–Trinajstić information content (AvgIpc) is 2.47. The van der Waals surface area contributed by atoms with Crippen LogP contribution in [0.4, 0.5) is 4.39 Å². The van der Waals surface area contributed by atoms with Gasteiger partial charge >= 0.3 is 5.97 Å². The standard InChI is InChI=1S/C16H20FNO3/c17-13-8-4-5-11(9-13)10-14(16(20)21)18-15(19)12-6-2-1-3-7-12/h4-5,8-9,12,14H,1-3,6-7,10H2,(H,18,19)(H,20,21)/t14-/m0/s1. The molecule has 1 aliphatic carbocycles. The van der Waals surface area contributed by atoms with Crippen molar-refractivity contribution in [1.82, 2.24) is 5.32 Å². The first kappa shape index (κ1) is 15.5. The van der Waals surface area contributed by atoms with Gasteiger partial charge in [-0.3, -0.25) is 4.79 Å². The van der Waals surface area contributed by atoms with Crippen LogP contribution in [-0.4, -0.2) is 23.0 Å². The SMILES string of the molecule is O=C(N[C@@H](Cc1cccc(F)c1)C(=O)O)C1CCCCC1. The molecule has 1 aromatic rings. The third-order valence-electron chi connectivity index (χ3n) is 3.92. The largest absolute Gasteiger partial charge is 0.480 e. The Morgan fingerprint density at radius 3 is 2.62 bits per heavy atom. The molecule has 0 radical (unpaired) electrons. The molecule has 21 heavy (non-hydrogen) atoms. The zero-order valence-electron chi connectivity index (χ0n) is 11.8. The lowest BCUT2D eigenvalue weighted by molar-refractivity contribution is -0.142. The Morgan fingerprint density at radius 1 is 1.29 bits per heavy atom. The number of carbonyl (C=O) groups excluding carboxylic acids is 1. The van der Waals surface area contributed by atoms with E-state index in [2.05, 4.69) is 5.32 Å². The second kappa shape index (κ2) is 7.20. The highest BCUT2D eigenvalue weighted by Gasteiger charge is 2.26. The summed E-state index contributed by atoms with van der Waals surface area (Å²) < 4.78 is 13.1. The molecule has 1 aromatic carbocycles. The van der Waals surface area contributed by atoms with Crippen molar-refractivity contribution in [2.45, 2.75) is 44.6 Å². The zero-order chi connectivity index (χ0) is 15.2. The smallest absolute Gasteiger partial charge is 0.326 e. The van der Waals surface area contributed by atoms with E-state index in [9.17, 15) is 19.1 Å². The van der Waals surface area contributed by atoms with Crippen LogP contribution >= 0.6 is 0 Å². The minimum atomic E-state index is -1.09. The molecule has 5 heteroatoms. The fourth-order valence-electron chi connectivity index (χ4n) is 2.75. The van der Waals surface area contributed by atoms with Crippen molar-refractivity contribution < 1.29 is 19.1 Å². The Labute approximate surface area is 123 Å². The first-order chi connectivity index (χ1) is 10.1. The van der Waals surface area contributed by atoms with Gasteiger partial charge in [-0.2, -0.15) is 0 Å². The van der Waals surface area contributed by atoms with Gasteiger partial charge in [0.05, 0.1) is 0 Å². The van der Waals surface area contributed by atoms with Crippen LogP contribution in [-0.2, 0) is 16.0 Å². The molecular weight excluding hydrogens is 273 g/mol. The molecule has 4 nitrogen and oxygen atoms in total. The first-order valence-corrected chi connectivity index (χ1v) is 7.34. The van der Waals surface area contributed by atoms with E-state index in [-0.39, 0.29) is 18.2 Å². The van der Waals surface area contributed by atoms with Crippen molar-refractivity contribution in [3.05, 3.63) is 35.6 Å². The molecule has 2 N–H and O–H groups in total. The highest BCUT2D eigenvalue weighted by Crippen LogP contribution is 2.23. The maximum Gasteiger partial charge on any atom is 0.326 e.